The number of aliphatic carboxylic acids is 1. The molecule has 1 aromatic heterocycles. The lowest BCUT2D eigenvalue weighted by Gasteiger charge is -2.29. The maximum atomic E-state index is 13.8. The number of hydrogen-bond donors (Lipinski definition) is 4. The standard InChI is InChI=1S/C26H30F2N4O3S/c1-3-16-5-4-6-17(7-16)12-30-13-21(22(29)10-18-8-19(27)11-20(28)9-18)24(25(34)35)23-14-36-26(32-23)31-15(2)33/h4-9,11,14,21-22,24,30H,3,10,12-13,29H2,1-2H3,(H,34,35)(H,31,32,33)/t21?,22?,24-/m0/s1. The van der Waals surface area contributed by atoms with Gasteiger partial charge in [0.2, 0.25) is 5.91 Å². The number of anilines is 1. The monoisotopic (exact) mass is 516 g/mol. The average molecular weight is 517 g/mol. The summed E-state index contributed by atoms with van der Waals surface area (Å²) >= 11 is 1.12. The Kier molecular flexibility index (Phi) is 9.63. The number of nitrogens with one attached hydrogen (secondary N) is 2. The van der Waals surface area contributed by atoms with Crippen LogP contribution >= 0.6 is 11.3 Å². The fourth-order valence-electron chi connectivity index (χ4n) is 4.18. The number of aryl methyl sites for hydroxylation is 1. The lowest BCUT2D eigenvalue weighted by molar-refractivity contribution is -0.140. The van der Waals surface area contributed by atoms with Crippen LogP contribution in [0.1, 0.15) is 42.1 Å². The SMILES string of the molecule is CCc1cccc(CNCC(C(N)Cc2cc(F)cc(F)c2)[C@H](C(=O)O)c2csc(NC(C)=O)n2)c1. The third-order valence-electron chi connectivity index (χ3n) is 5.87. The predicted octanol–water partition coefficient (Wildman–Crippen LogP) is 4.09. The van der Waals surface area contributed by atoms with Crippen molar-refractivity contribution < 1.29 is 23.5 Å². The van der Waals surface area contributed by atoms with Crippen molar-refractivity contribution in [2.75, 3.05) is 11.9 Å². The molecule has 10 heteroatoms. The number of rotatable bonds is 12. The molecule has 1 amide bonds. The van der Waals surface area contributed by atoms with E-state index in [1.165, 1.54) is 24.6 Å². The Morgan fingerprint density at radius 1 is 1.11 bits per heavy atom. The molecule has 0 radical (unpaired) electrons. The molecule has 7 nitrogen and oxygen atoms in total. The number of carboxylic acid groups (broad SMARTS) is 1. The summed E-state index contributed by atoms with van der Waals surface area (Å²) in [5.41, 5.74) is 9.32. The Morgan fingerprint density at radius 2 is 1.81 bits per heavy atom. The van der Waals surface area contributed by atoms with Crippen molar-refractivity contribution in [2.24, 2.45) is 11.7 Å². The van der Waals surface area contributed by atoms with Crippen LogP contribution in [-0.4, -0.2) is 34.6 Å². The van der Waals surface area contributed by atoms with E-state index < -0.39 is 35.5 Å². The summed E-state index contributed by atoms with van der Waals surface area (Å²) in [5, 5.41) is 17.9. The largest absolute Gasteiger partial charge is 0.481 e. The topological polar surface area (TPSA) is 117 Å². The molecular weight excluding hydrogens is 486 g/mol. The van der Waals surface area contributed by atoms with Gasteiger partial charge in [-0.1, -0.05) is 31.2 Å². The van der Waals surface area contributed by atoms with Crippen molar-refractivity contribution in [1.82, 2.24) is 10.3 Å². The van der Waals surface area contributed by atoms with Gasteiger partial charge in [0.05, 0.1) is 5.69 Å². The van der Waals surface area contributed by atoms with Crippen LogP contribution in [0.4, 0.5) is 13.9 Å². The van der Waals surface area contributed by atoms with Gasteiger partial charge in [0.25, 0.3) is 0 Å². The number of hydrogen-bond acceptors (Lipinski definition) is 6. The number of nitrogens with two attached hydrogens (primary N) is 1. The van der Waals surface area contributed by atoms with Crippen LogP contribution in [0.3, 0.4) is 0 Å². The van der Waals surface area contributed by atoms with Gasteiger partial charge in [-0.2, -0.15) is 0 Å². The molecule has 2 aromatic carbocycles. The second-order valence-corrected chi connectivity index (χ2v) is 9.55. The molecule has 3 rings (SSSR count). The Labute approximate surface area is 212 Å². The van der Waals surface area contributed by atoms with Crippen molar-refractivity contribution in [3.05, 3.63) is 81.9 Å². The molecule has 0 saturated heterocycles. The van der Waals surface area contributed by atoms with Crippen molar-refractivity contribution in [3.63, 3.8) is 0 Å². The average Bonchev–Trinajstić information content (AvgIpc) is 3.24. The van der Waals surface area contributed by atoms with E-state index in [9.17, 15) is 23.5 Å². The lowest BCUT2D eigenvalue weighted by Crippen LogP contribution is -2.44. The molecule has 0 aliphatic rings. The third-order valence-corrected chi connectivity index (χ3v) is 6.65. The fourth-order valence-corrected chi connectivity index (χ4v) is 4.97. The predicted molar refractivity (Wildman–Crippen MR) is 136 cm³/mol. The maximum absolute atomic E-state index is 13.8. The molecule has 0 fully saturated rings. The van der Waals surface area contributed by atoms with Gasteiger partial charge in [-0.3, -0.25) is 9.59 Å². The first-order valence-electron chi connectivity index (χ1n) is 11.6. The smallest absolute Gasteiger partial charge is 0.313 e. The summed E-state index contributed by atoms with van der Waals surface area (Å²) in [4.78, 5) is 28.1. The minimum atomic E-state index is -1.13. The quantitative estimate of drug-likeness (QED) is 0.288. The van der Waals surface area contributed by atoms with Crippen molar-refractivity contribution in [2.45, 2.75) is 45.2 Å². The summed E-state index contributed by atoms with van der Waals surface area (Å²) in [6, 6.07) is 10.5. The summed E-state index contributed by atoms with van der Waals surface area (Å²) in [5.74, 6) is -4.67. The normalized spacial score (nSPS) is 13.7. The molecule has 1 heterocycles. The number of halogens is 2. The molecule has 5 N–H and O–H groups in total. The minimum Gasteiger partial charge on any atom is -0.481 e. The van der Waals surface area contributed by atoms with Crippen LogP contribution < -0.4 is 16.4 Å². The molecule has 192 valence electrons. The number of carboxylic acids is 1. The van der Waals surface area contributed by atoms with Crippen molar-refractivity contribution in [3.8, 4) is 0 Å². The number of amides is 1. The molecule has 3 aromatic rings. The van der Waals surface area contributed by atoms with Gasteiger partial charge in [0, 0.05) is 43.4 Å². The molecule has 0 saturated carbocycles. The highest BCUT2D eigenvalue weighted by atomic mass is 32.1. The highest BCUT2D eigenvalue weighted by Gasteiger charge is 2.36. The van der Waals surface area contributed by atoms with E-state index >= 15 is 0 Å². The minimum absolute atomic E-state index is 0.0683. The third kappa shape index (κ3) is 7.64. The fraction of sp³-hybridized carbons (Fsp3) is 0.346. The summed E-state index contributed by atoms with van der Waals surface area (Å²) in [6.45, 7) is 4.12. The van der Waals surface area contributed by atoms with Crippen LogP contribution in [0, 0.1) is 17.6 Å². The van der Waals surface area contributed by atoms with Crippen LogP contribution in [-0.2, 0) is 29.0 Å². The van der Waals surface area contributed by atoms with E-state index in [4.69, 9.17) is 5.73 Å². The van der Waals surface area contributed by atoms with E-state index in [0.717, 1.165) is 29.4 Å². The zero-order valence-corrected chi connectivity index (χ0v) is 20.9. The molecule has 3 atom stereocenters. The molecule has 2 unspecified atom stereocenters. The molecule has 0 aliphatic heterocycles. The second-order valence-electron chi connectivity index (χ2n) is 8.69. The van der Waals surface area contributed by atoms with E-state index in [2.05, 4.69) is 28.6 Å². The van der Waals surface area contributed by atoms with Crippen molar-refractivity contribution >= 4 is 28.3 Å². The van der Waals surface area contributed by atoms with Crippen LogP contribution in [0.5, 0.6) is 0 Å². The van der Waals surface area contributed by atoms with Gasteiger partial charge in [0.15, 0.2) is 5.13 Å². The van der Waals surface area contributed by atoms with Gasteiger partial charge in [-0.15, -0.1) is 11.3 Å². The van der Waals surface area contributed by atoms with Gasteiger partial charge in [-0.05, 0) is 41.7 Å². The number of thiazole rings is 1. The summed E-state index contributed by atoms with van der Waals surface area (Å²) in [6.07, 6.45) is 0.964. The van der Waals surface area contributed by atoms with Crippen LogP contribution in [0.25, 0.3) is 0 Å². The zero-order valence-electron chi connectivity index (χ0n) is 20.1. The lowest BCUT2D eigenvalue weighted by atomic mass is 9.81. The van der Waals surface area contributed by atoms with Gasteiger partial charge in [0.1, 0.15) is 17.6 Å². The molecule has 0 spiro atoms. The summed E-state index contributed by atoms with van der Waals surface area (Å²) in [7, 11) is 0. The second kappa shape index (κ2) is 12.7. The van der Waals surface area contributed by atoms with Crippen LogP contribution in [0.2, 0.25) is 0 Å². The zero-order chi connectivity index (χ0) is 26.2. The summed E-state index contributed by atoms with van der Waals surface area (Å²) < 4.78 is 27.5. The number of aromatic nitrogens is 1. The number of benzene rings is 2. The highest BCUT2D eigenvalue weighted by Crippen LogP contribution is 2.31. The van der Waals surface area contributed by atoms with Gasteiger partial charge >= 0.3 is 5.97 Å². The Balaban J connectivity index is 1.86. The Morgan fingerprint density at radius 3 is 2.44 bits per heavy atom. The van der Waals surface area contributed by atoms with Gasteiger partial charge in [-0.25, -0.2) is 13.8 Å². The highest BCUT2D eigenvalue weighted by molar-refractivity contribution is 7.13. The first-order valence-corrected chi connectivity index (χ1v) is 12.5. The Hall–Kier alpha value is -3.21. The number of nitrogens with zero attached hydrogens (tertiary/aromatic N) is 1. The molecule has 0 bridgehead atoms. The van der Waals surface area contributed by atoms with Crippen molar-refractivity contribution in [1.29, 1.82) is 0 Å². The molecule has 0 aliphatic carbocycles. The first kappa shape index (κ1) is 27.4. The number of carbonyl (C=O) groups excluding carboxylic acids is 1. The van der Waals surface area contributed by atoms with Crippen LogP contribution in [0.15, 0.2) is 47.8 Å². The maximum Gasteiger partial charge on any atom is 0.313 e. The van der Waals surface area contributed by atoms with E-state index in [0.29, 0.717) is 12.1 Å². The van der Waals surface area contributed by atoms with Gasteiger partial charge < -0.3 is 21.5 Å². The first-order chi connectivity index (χ1) is 17.2. The van der Waals surface area contributed by atoms with E-state index in [1.807, 2.05) is 18.2 Å². The molecular formula is C26H30F2N4O3S. The Bertz CT molecular complexity index is 1180. The molecule has 36 heavy (non-hydrogen) atoms. The van der Waals surface area contributed by atoms with E-state index in [-0.39, 0.29) is 29.7 Å². The number of carbonyl (C=O) groups is 2. The van der Waals surface area contributed by atoms with E-state index in [1.54, 1.807) is 5.38 Å².